The number of hydrogen-bond acceptors (Lipinski definition) is 3. The lowest BCUT2D eigenvalue weighted by atomic mass is 9.68. The van der Waals surface area contributed by atoms with Crippen LogP contribution in [0.3, 0.4) is 0 Å². The molecule has 1 aromatic heterocycles. The van der Waals surface area contributed by atoms with E-state index in [1.807, 2.05) is 48.7 Å². The van der Waals surface area contributed by atoms with Crippen LogP contribution < -0.4 is 0 Å². The standard InChI is InChI=1S/C30H20N2O2/c33-32(34)28-18-7-5-13-23(28)24-15-8-17-27-29(24)25-14-4-6-16-26(25)30(27,21-10-2-1-3-11-21)22-12-9-19-31-20-22/h1-20H. The third-order valence-corrected chi connectivity index (χ3v) is 6.76. The monoisotopic (exact) mass is 440 g/mol. The Balaban J connectivity index is 1.78. The van der Waals surface area contributed by atoms with Gasteiger partial charge in [-0.2, -0.15) is 0 Å². The van der Waals surface area contributed by atoms with Gasteiger partial charge in [0.15, 0.2) is 0 Å². The molecule has 0 spiro atoms. The maximum atomic E-state index is 11.9. The lowest BCUT2D eigenvalue weighted by molar-refractivity contribution is -0.384. The van der Waals surface area contributed by atoms with Crippen molar-refractivity contribution in [3.8, 4) is 22.3 Å². The second kappa shape index (κ2) is 7.78. The van der Waals surface area contributed by atoms with Crippen LogP contribution in [0.2, 0.25) is 0 Å². The van der Waals surface area contributed by atoms with Gasteiger partial charge in [-0.3, -0.25) is 15.1 Å². The summed E-state index contributed by atoms with van der Waals surface area (Å²) >= 11 is 0. The predicted octanol–water partition coefficient (Wildman–Crippen LogP) is 7.02. The maximum Gasteiger partial charge on any atom is 0.277 e. The van der Waals surface area contributed by atoms with Gasteiger partial charge in [-0.05, 0) is 51.1 Å². The largest absolute Gasteiger partial charge is 0.277 e. The van der Waals surface area contributed by atoms with Crippen LogP contribution >= 0.6 is 0 Å². The van der Waals surface area contributed by atoms with Gasteiger partial charge in [0.1, 0.15) is 0 Å². The third kappa shape index (κ3) is 2.75. The lowest BCUT2D eigenvalue weighted by Gasteiger charge is -2.33. The lowest BCUT2D eigenvalue weighted by Crippen LogP contribution is -2.28. The molecule has 1 atom stereocenters. The molecular weight excluding hydrogens is 420 g/mol. The number of aromatic nitrogens is 1. The van der Waals surface area contributed by atoms with Crippen LogP contribution in [0.4, 0.5) is 5.69 Å². The summed E-state index contributed by atoms with van der Waals surface area (Å²) in [6.45, 7) is 0. The van der Waals surface area contributed by atoms with E-state index < -0.39 is 5.41 Å². The molecule has 0 fully saturated rings. The van der Waals surface area contributed by atoms with Crippen molar-refractivity contribution < 1.29 is 4.92 Å². The molecule has 0 saturated carbocycles. The summed E-state index contributed by atoms with van der Waals surface area (Å²) in [6, 6.07) is 36.0. The second-order valence-corrected chi connectivity index (χ2v) is 8.41. The van der Waals surface area contributed by atoms with Crippen molar-refractivity contribution in [2.75, 3.05) is 0 Å². The Bertz CT molecular complexity index is 1490. The van der Waals surface area contributed by atoms with E-state index in [9.17, 15) is 10.1 Å². The predicted molar refractivity (Wildman–Crippen MR) is 134 cm³/mol. The van der Waals surface area contributed by atoms with Crippen molar-refractivity contribution in [2.45, 2.75) is 5.41 Å². The first-order valence-electron chi connectivity index (χ1n) is 11.2. The van der Waals surface area contributed by atoms with Crippen molar-refractivity contribution in [1.82, 2.24) is 4.98 Å². The zero-order chi connectivity index (χ0) is 23.1. The third-order valence-electron chi connectivity index (χ3n) is 6.76. The number of fused-ring (bicyclic) bond motifs is 3. The molecule has 0 bridgehead atoms. The summed E-state index contributed by atoms with van der Waals surface area (Å²) < 4.78 is 0. The van der Waals surface area contributed by atoms with Crippen molar-refractivity contribution >= 4 is 5.69 Å². The number of benzene rings is 4. The van der Waals surface area contributed by atoms with Crippen molar-refractivity contribution in [1.29, 1.82) is 0 Å². The summed E-state index contributed by atoms with van der Waals surface area (Å²) in [7, 11) is 0. The summed E-state index contributed by atoms with van der Waals surface area (Å²) in [5.74, 6) is 0. The van der Waals surface area contributed by atoms with E-state index in [1.165, 1.54) is 0 Å². The normalized spacial score (nSPS) is 16.0. The van der Waals surface area contributed by atoms with E-state index in [4.69, 9.17) is 0 Å². The number of nitrogens with zero attached hydrogens (tertiary/aromatic N) is 2. The summed E-state index contributed by atoms with van der Waals surface area (Å²) in [5, 5.41) is 11.9. The highest BCUT2D eigenvalue weighted by Gasteiger charge is 2.47. The van der Waals surface area contributed by atoms with Crippen molar-refractivity contribution in [2.24, 2.45) is 0 Å². The van der Waals surface area contributed by atoms with Gasteiger partial charge in [0, 0.05) is 18.5 Å². The fourth-order valence-electron chi connectivity index (χ4n) is 5.47. The molecule has 0 saturated heterocycles. The topological polar surface area (TPSA) is 56.0 Å². The van der Waals surface area contributed by atoms with Crippen LogP contribution in [-0.4, -0.2) is 9.91 Å². The zero-order valence-electron chi connectivity index (χ0n) is 18.3. The molecule has 0 aliphatic heterocycles. The fourth-order valence-corrected chi connectivity index (χ4v) is 5.47. The van der Waals surface area contributed by atoms with Gasteiger partial charge in [-0.1, -0.05) is 91.0 Å². The van der Waals surface area contributed by atoms with Gasteiger partial charge < -0.3 is 0 Å². The van der Waals surface area contributed by atoms with Crippen LogP contribution in [0.25, 0.3) is 22.3 Å². The van der Waals surface area contributed by atoms with Crippen LogP contribution in [0.1, 0.15) is 22.3 Å². The molecule has 0 radical (unpaired) electrons. The van der Waals surface area contributed by atoms with Crippen LogP contribution in [-0.2, 0) is 5.41 Å². The Morgan fingerprint density at radius 3 is 2.03 bits per heavy atom. The highest BCUT2D eigenvalue weighted by atomic mass is 16.6. The molecule has 1 aliphatic rings. The molecule has 1 aliphatic carbocycles. The number of rotatable bonds is 4. The summed E-state index contributed by atoms with van der Waals surface area (Å²) in [6.07, 6.45) is 3.71. The molecule has 6 rings (SSSR count). The molecular formula is C30H20N2O2. The van der Waals surface area contributed by atoms with Crippen LogP contribution in [0.15, 0.2) is 122 Å². The first-order chi connectivity index (χ1) is 16.7. The fraction of sp³-hybridized carbons (Fsp3) is 0.0333. The molecule has 34 heavy (non-hydrogen) atoms. The number of para-hydroxylation sites is 1. The molecule has 1 heterocycles. The maximum absolute atomic E-state index is 11.9. The zero-order valence-corrected chi connectivity index (χ0v) is 18.3. The van der Waals surface area contributed by atoms with Gasteiger partial charge in [-0.15, -0.1) is 0 Å². The number of nitro groups is 1. The SMILES string of the molecule is O=[N+]([O-])c1ccccc1-c1cccc2c1-c1ccccc1C2(c1ccccc1)c1cccnc1. The Morgan fingerprint density at radius 1 is 0.618 bits per heavy atom. The quantitative estimate of drug-likeness (QED) is 0.219. The number of hydrogen-bond donors (Lipinski definition) is 0. The van der Waals surface area contributed by atoms with E-state index in [0.717, 1.165) is 38.9 Å². The van der Waals surface area contributed by atoms with Gasteiger partial charge in [0.05, 0.1) is 15.9 Å². The molecule has 0 N–H and O–H groups in total. The molecule has 1 unspecified atom stereocenters. The number of nitro benzene ring substituents is 1. The van der Waals surface area contributed by atoms with E-state index >= 15 is 0 Å². The van der Waals surface area contributed by atoms with Crippen molar-refractivity contribution in [3.63, 3.8) is 0 Å². The minimum Gasteiger partial charge on any atom is -0.264 e. The average molecular weight is 441 g/mol. The molecule has 4 aromatic carbocycles. The Hall–Kier alpha value is -4.57. The molecule has 4 nitrogen and oxygen atoms in total. The van der Waals surface area contributed by atoms with Gasteiger partial charge in [0.25, 0.3) is 5.69 Å². The van der Waals surface area contributed by atoms with Gasteiger partial charge in [0.2, 0.25) is 0 Å². The average Bonchev–Trinajstić information content (AvgIpc) is 3.21. The highest BCUT2D eigenvalue weighted by Crippen LogP contribution is 2.58. The van der Waals surface area contributed by atoms with Gasteiger partial charge in [-0.25, -0.2) is 0 Å². The minimum absolute atomic E-state index is 0.104. The van der Waals surface area contributed by atoms with E-state index in [1.54, 1.807) is 18.3 Å². The highest BCUT2D eigenvalue weighted by molar-refractivity contribution is 5.97. The first-order valence-corrected chi connectivity index (χ1v) is 11.2. The Morgan fingerprint density at radius 2 is 1.26 bits per heavy atom. The summed E-state index contributed by atoms with van der Waals surface area (Å²) in [4.78, 5) is 16.1. The second-order valence-electron chi connectivity index (χ2n) is 8.41. The van der Waals surface area contributed by atoms with Crippen LogP contribution in [0, 0.1) is 10.1 Å². The molecule has 162 valence electrons. The van der Waals surface area contributed by atoms with Gasteiger partial charge >= 0.3 is 0 Å². The van der Waals surface area contributed by atoms with E-state index in [2.05, 4.69) is 59.6 Å². The molecule has 0 amide bonds. The van der Waals surface area contributed by atoms with Crippen LogP contribution in [0.5, 0.6) is 0 Å². The minimum atomic E-state index is -0.582. The Kier molecular flexibility index (Phi) is 4.59. The smallest absolute Gasteiger partial charge is 0.264 e. The number of pyridine rings is 1. The Labute approximate surface area is 197 Å². The van der Waals surface area contributed by atoms with Crippen molar-refractivity contribution in [3.05, 3.63) is 154 Å². The molecule has 4 heteroatoms. The van der Waals surface area contributed by atoms with E-state index in [0.29, 0.717) is 5.56 Å². The van der Waals surface area contributed by atoms with E-state index in [-0.39, 0.29) is 10.6 Å². The molecule has 5 aromatic rings. The first kappa shape index (κ1) is 20.1. The summed E-state index contributed by atoms with van der Waals surface area (Å²) in [5.41, 5.74) is 7.56.